The molecule has 4 nitrogen and oxygen atoms in total. The van der Waals surface area contributed by atoms with Gasteiger partial charge in [-0.05, 0) is 82.0 Å². The molecule has 0 aliphatic carbocycles. The Kier molecular flexibility index (Phi) is 6.85. The van der Waals surface area contributed by atoms with Crippen LogP contribution in [0.3, 0.4) is 0 Å². The minimum Gasteiger partial charge on any atom is -0.506 e. The Labute approximate surface area is 224 Å². The second kappa shape index (κ2) is 10.0. The highest BCUT2D eigenvalue weighted by Gasteiger charge is 2.14. The van der Waals surface area contributed by atoms with Gasteiger partial charge in [-0.25, -0.2) is 4.98 Å². The number of oxazole rings is 1. The summed E-state index contributed by atoms with van der Waals surface area (Å²) in [5.41, 5.74) is 5.06. The monoisotopic (exact) mass is 584 g/mol. The van der Waals surface area contributed by atoms with E-state index in [4.69, 9.17) is 39.2 Å². The van der Waals surface area contributed by atoms with Gasteiger partial charge >= 0.3 is 0 Å². The van der Waals surface area contributed by atoms with Gasteiger partial charge in [0.2, 0.25) is 5.89 Å². The molecule has 174 valence electrons. The summed E-state index contributed by atoms with van der Waals surface area (Å²) in [6.45, 7) is 0. The molecule has 1 N–H and O–H groups in total. The normalized spacial score (nSPS) is 11.5. The first kappa shape index (κ1) is 23.9. The van der Waals surface area contributed by atoms with Crippen molar-refractivity contribution >= 4 is 73.7 Å². The van der Waals surface area contributed by atoms with Crippen molar-refractivity contribution in [3.63, 3.8) is 0 Å². The van der Waals surface area contributed by atoms with Crippen LogP contribution >= 0.6 is 50.7 Å². The third-order valence-electron chi connectivity index (χ3n) is 5.41. The number of fused-ring (bicyclic) bond motifs is 1. The van der Waals surface area contributed by atoms with Gasteiger partial charge in [0.1, 0.15) is 11.3 Å². The molecule has 0 spiro atoms. The third kappa shape index (κ3) is 5.09. The van der Waals surface area contributed by atoms with Crippen LogP contribution in [0.25, 0.3) is 22.6 Å². The van der Waals surface area contributed by atoms with Gasteiger partial charge in [0.15, 0.2) is 5.58 Å². The highest BCUT2D eigenvalue weighted by atomic mass is 79.9. The fourth-order valence-electron chi connectivity index (χ4n) is 3.67. The van der Waals surface area contributed by atoms with E-state index < -0.39 is 0 Å². The molecule has 5 rings (SSSR count). The van der Waals surface area contributed by atoms with Crippen molar-refractivity contribution in [2.45, 2.75) is 6.42 Å². The zero-order valence-electron chi connectivity index (χ0n) is 18.0. The van der Waals surface area contributed by atoms with Crippen LogP contribution in [0.2, 0.25) is 15.1 Å². The number of phenolic OH excluding ortho intramolecular Hbond substituents is 1. The SMILES string of the molecule is Oc1c(Br)cc(Cc2ccccc2Cl)cc1C=Nc1ccc2oc(-c3cccc(Cl)c3Cl)nc2c1. The van der Waals surface area contributed by atoms with Crippen molar-refractivity contribution in [1.82, 2.24) is 4.98 Å². The van der Waals surface area contributed by atoms with Crippen LogP contribution in [0.4, 0.5) is 5.69 Å². The van der Waals surface area contributed by atoms with E-state index in [9.17, 15) is 5.11 Å². The number of aliphatic imine (C=N–C) groups is 1. The summed E-state index contributed by atoms with van der Waals surface area (Å²) in [5, 5.41) is 12.1. The van der Waals surface area contributed by atoms with Crippen LogP contribution in [-0.4, -0.2) is 16.3 Å². The maximum Gasteiger partial charge on any atom is 0.228 e. The Balaban J connectivity index is 1.44. The van der Waals surface area contributed by atoms with Gasteiger partial charge in [0.05, 0.1) is 25.8 Å². The molecule has 1 heterocycles. The summed E-state index contributed by atoms with van der Waals surface area (Å²) >= 11 is 22.2. The van der Waals surface area contributed by atoms with Gasteiger partial charge < -0.3 is 9.52 Å². The van der Waals surface area contributed by atoms with E-state index in [0.717, 1.165) is 11.1 Å². The van der Waals surface area contributed by atoms with Crippen molar-refractivity contribution in [3.05, 3.63) is 109 Å². The Morgan fingerprint density at radius 1 is 0.943 bits per heavy atom. The van der Waals surface area contributed by atoms with Gasteiger partial charge in [0.25, 0.3) is 0 Å². The van der Waals surface area contributed by atoms with Gasteiger partial charge in [-0.3, -0.25) is 4.99 Å². The molecule has 0 atom stereocenters. The summed E-state index contributed by atoms with van der Waals surface area (Å²) in [6, 6.07) is 22.2. The predicted octanol–water partition coefficient (Wildman–Crippen LogP) is 9.26. The standard InChI is InChI=1S/C27H16BrCl3N2O2/c28-20-12-15(10-16-4-1-2-6-21(16)29)11-17(26(20)34)14-32-18-8-9-24-23(13-18)33-27(35-24)19-5-3-7-22(30)25(19)31/h1-9,11-14,34H,10H2. The summed E-state index contributed by atoms with van der Waals surface area (Å²) in [4.78, 5) is 9.10. The minimum atomic E-state index is 0.108. The molecule has 0 unspecified atom stereocenters. The molecule has 0 radical (unpaired) electrons. The molecule has 0 saturated heterocycles. The lowest BCUT2D eigenvalue weighted by atomic mass is 10.0. The average molecular weight is 587 g/mol. The van der Waals surface area contributed by atoms with E-state index in [0.29, 0.717) is 59.8 Å². The molecule has 35 heavy (non-hydrogen) atoms. The van der Waals surface area contributed by atoms with Crippen LogP contribution in [-0.2, 0) is 6.42 Å². The number of hydrogen-bond acceptors (Lipinski definition) is 4. The van der Waals surface area contributed by atoms with Gasteiger partial charge in [-0.15, -0.1) is 0 Å². The highest BCUT2D eigenvalue weighted by Crippen LogP contribution is 2.35. The quantitative estimate of drug-likeness (QED) is 0.209. The number of phenols is 1. The minimum absolute atomic E-state index is 0.108. The van der Waals surface area contributed by atoms with Crippen molar-refractivity contribution in [2.75, 3.05) is 0 Å². The molecule has 0 saturated carbocycles. The van der Waals surface area contributed by atoms with Crippen LogP contribution < -0.4 is 0 Å². The van der Waals surface area contributed by atoms with Crippen LogP contribution in [0.1, 0.15) is 16.7 Å². The predicted molar refractivity (Wildman–Crippen MR) is 147 cm³/mol. The van der Waals surface area contributed by atoms with Crippen LogP contribution in [0.5, 0.6) is 5.75 Å². The maximum absolute atomic E-state index is 10.6. The lowest BCUT2D eigenvalue weighted by Gasteiger charge is -2.08. The summed E-state index contributed by atoms with van der Waals surface area (Å²) in [6.07, 6.45) is 2.24. The zero-order chi connectivity index (χ0) is 24.5. The second-order valence-corrected chi connectivity index (χ2v) is 9.86. The second-order valence-electron chi connectivity index (χ2n) is 7.81. The molecular weight excluding hydrogens is 571 g/mol. The first-order chi connectivity index (χ1) is 16.9. The van der Waals surface area contributed by atoms with Crippen LogP contribution in [0, 0.1) is 0 Å². The van der Waals surface area contributed by atoms with E-state index in [1.165, 1.54) is 0 Å². The van der Waals surface area contributed by atoms with Gasteiger partial charge in [-0.2, -0.15) is 0 Å². The van der Waals surface area contributed by atoms with E-state index >= 15 is 0 Å². The summed E-state index contributed by atoms with van der Waals surface area (Å²) < 4.78 is 6.44. The maximum atomic E-state index is 10.6. The number of aromatic nitrogens is 1. The molecule has 0 fully saturated rings. The number of nitrogens with zero attached hydrogens (tertiary/aromatic N) is 2. The van der Waals surface area contributed by atoms with E-state index in [1.54, 1.807) is 36.5 Å². The van der Waals surface area contributed by atoms with E-state index in [1.807, 2.05) is 42.5 Å². The number of halogens is 4. The topological polar surface area (TPSA) is 58.6 Å². The largest absolute Gasteiger partial charge is 0.506 e. The lowest BCUT2D eigenvalue weighted by Crippen LogP contribution is -1.93. The molecule has 0 aliphatic rings. The summed E-state index contributed by atoms with van der Waals surface area (Å²) in [5.74, 6) is 0.486. The molecule has 1 aromatic heterocycles. The Hall–Kier alpha value is -2.83. The average Bonchev–Trinajstić information content (AvgIpc) is 3.26. The Bertz CT molecular complexity index is 1600. The fourth-order valence-corrected chi connectivity index (χ4v) is 4.77. The van der Waals surface area contributed by atoms with Crippen LogP contribution in [0.15, 0.2) is 86.7 Å². The number of rotatable bonds is 5. The molecule has 0 bridgehead atoms. The summed E-state index contributed by atoms with van der Waals surface area (Å²) in [7, 11) is 0. The van der Waals surface area contributed by atoms with Crippen molar-refractivity contribution in [2.24, 2.45) is 4.99 Å². The van der Waals surface area contributed by atoms with Crippen molar-refractivity contribution < 1.29 is 9.52 Å². The highest BCUT2D eigenvalue weighted by molar-refractivity contribution is 9.10. The first-order valence-electron chi connectivity index (χ1n) is 10.5. The molecular formula is C27H16BrCl3N2O2. The van der Waals surface area contributed by atoms with Crippen molar-refractivity contribution in [3.8, 4) is 17.2 Å². The third-order valence-corrected chi connectivity index (χ3v) is 7.20. The van der Waals surface area contributed by atoms with Gasteiger partial charge in [-0.1, -0.05) is 59.1 Å². The smallest absolute Gasteiger partial charge is 0.228 e. The molecule has 0 amide bonds. The number of benzene rings is 4. The fraction of sp³-hybridized carbons (Fsp3) is 0.0370. The number of hydrogen-bond donors (Lipinski definition) is 1. The molecule has 4 aromatic carbocycles. The Morgan fingerprint density at radius 2 is 1.74 bits per heavy atom. The van der Waals surface area contributed by atoms with Gasteiger partial charge in [0, 0.05) is 16.8 Å². The van der Waals surface area contributed by atoms with E-state index in [-0.39, 0.29) is 5.75 Å². The zero-order valence-corrected chi connectivity index (χ0v) is 21.8. The molecule has 8 heteroatoms. The molecule has 5 aromatic rings. The number of aromatic hydroxyl groups is 1. The lowest BCUT2D eigenvalue weighted by molar-refractivity contribution is 0.471. The molecule has 0 aliphatic heterocycles. The Morgan fingerprint density at radius 3 is 2.57 bits per heavy atom. The van der Waals surface area contributed by atoms with E-state index in [2.05, 4.69) is 25.9 Å². The first-order valence-corrected chi connectivity index (χ1v) is 12.5. The van der Waals surface area contributed by atoms with Crippen molar-refractivity contribution in [1.29, 1.82) is 0 Å².